The van der Waals surface area contributed by atoms with E-state index in [0.29, 0.717) is 6.54 Å². The quantitative estimate of drug-likeness (QED) is 0.479. The standard InChI is InChI=1S/C18H28N4O2.2C2HF3O2/c1-21(2)17(23)20-12-16-6-3-7-18(24-16)8-10-22(14-18)13-15-5-4-9-19-11-15;2*3-2(4,5)1(6)7/h4-5,9,11,16H,3,6-8,10,12-14H2,1-2H3,(H,20,23);2*(H,6,7)/t16-,18-;;/m1../s1. The number of ether oxygens (including phenoxy) is 1. The van der Waals surface area contributed by atoms with Gasteiger partial charge in [-0.3, -0.25) is 9.88 Å². The molecule has 0 bridgehead atoms. The summed E-state index contributed by atoms with van der Waals surface area (Å²) >= 11 is 0. The number of carboxylic acids is 2. The molecule has 0 aliphatic carbocycles. The van der Waals surface area contributed by atoms with Crippen LogP contribution in [0.15, 0.2) is 24.5 Å². The maximum atomic E-state index is 11.7. The topological polar surface area (TPSA) is 132 Å². The summed E-state index contributed by atoms with van der Waals surface area (Å²) in [6, 6.07) is 4.06. The number of carbonyl (C=O) groups excluding carboxylic acids is 1. The zero-order valence-electron chi connectivity index (χ0n) is 20.7. The second-order valence-corrected chi connectivity index (χ2v) is 8.82. The maximum absolute atomic E-state index is 11.7. The van der Waals surface area contributed by atoms with E-state index in [0.717, 1.165) is 38.9 Å². The highest BCUT2D eigenvalue weighted by Gasteiger charge is 2.43. The van der Waals surface area contributed by atoms with Gasteiger partial charge >= 0.3 is 30.3 Å². The van der Waals surface area contributed by atoms with Crippen molar-refractivity contribution in [3.8, 4) is 0 Å². The van der Waals surface area contributed by atoms with Gasteiger partial charge in [-0.2, -0.15) is 26.3 Å². The van der Waals surface area contributed by atoms with Gasteiger partial charge in [0.2, 0.25) is 0 Å². The highest BCUT2D eigenvalue weighted by Crippen LogP contribution is 2.37. The third-order valence-electron chi connectivity index (χ3n) is 5.47. The van der Waals surface area contributed by atoms with Gasteiger partial charge in [0.25, 0.3) is 0 Å². The second-order valence-electron chi connectivity index (χ2n) is 8.82. The molecule has 0 aromatic carbocycles. The molecule has 2 aliphatic rings. The predicted octanol–water partition coefficient (Wildman–Crippen LogP) is 3.13. The number of rotatable bonds is 4. The fraction of sp³-hybridized carbons (Fsp3) is 0.636. The number of nitrogens with one attached hydrogen (secondary N) is 1. The largest absolute Gasteiger partial charge is 0.490 e. The Labute approximate surface area is 214 Å². The number of hydrogen-bond acceptors (Lipinski definition) is 6. The van der Waals surface area contributed by atoms with Crippen LogP contribution in [0.1, 0.15) is 31.2 Å². The van der Waals surface area contributed by atoms with Gasteiger partial charge in [-0.1, -0.05) is 6.07 Å². The number of amides is 2. The number of carbonyl (C=O) groups is 3. The Balaban J connectivity index is 0.000000426. The summed E-state index contributed by atoms with van der Waals surface area (Å²) in [6.45, 7) is 3.56. The molecule has 1 spiro atoms. The van der Waals surface area contributed by atoms with E-state index < -0.39 is 24.3 Å². The molecular weight excluding hydrogens is 530 g/mol. The van der Waals surface area contributed by atoms with Crippen LogP contribution in [0.3, 0.4) is 0 Å². The molecule has 2 saturated heterocycles. The van der Waals surface area contributed by atoms with Gasteiger partial charge in [-0.15, -0.1) is 0 Å². The summed E-state index contributed by atoms with van der Waals surface area (Å²) in [5.74, 6) is -5.51. The van der Waals surface area contributed by atoms with Crippen LogP contribution in [0.5, 0.6) is 0 Å². The lowest BCUT2D eigenvalue weighted by molar-refractivity contribution is -0.193. The van der Waals surface area contributed by atoms with E-state index in [1.807, 2.05) is 18.5 Å². The molecule has 3 heterocycles. The molecule has 38 heavy (non-hydrogen) atoms. The van der Waals surface area contributed by atoms with Gasteiger partial charge in [-0.05, 0) is 37.3 Å². The Kier molecular flexibility index (Phi) is 12.2. The summed E-state index contributed by atoms with van der Waals surface area (Å²) < 4.78 is 69.9. The lowest BCUT2D eigenvalue weighted by Gasteiger charge is -2.39. The van der Waals surface area contributed by atoms with Crippen LogP contribution in [-0.4, -0.2) is 101 Å². The number of urea groups is 1. The van der Waals surface area contributed by atoms with Crippen molar-refractivity contribution >= 4 is 18.0 Å². The van der Waals surface area contributed by atoms with Crippen molar-refractivity contribution < 1.29 is 55.7 Å². The first-order valence-electron chi connectivity index (χ1n) is 11.3. The first-order chi connectivity index (χ1) is 17.4. The summed E-state index contributed by atoms with van der Waals surface area (Å²) in [6.07, 6.45) is -1.90. The second kappa shape index (κ2) is 14.1. The average molecular weight is 560 g/mol. The van der Waals surface area contributed by atoms with Crippen LogP contribution in [0, 0.1) is 0 Å². The zero-order valence-corrected chi connectivity index (χ0v) is 20.7. The van der Waals surface area contributed by atoms with Gasteiger partial charge < -0.3 is 25.2 Å². The van der Waals surface area contributed by atoms with Crippen LogP contribution >= 0.6 is 0 Å². The Bertz CT molecular complexity index is 892. The smallest absolute Gasteiger partial charge is 0.475 e. The van der Waals surface area contributed by atoms with E-state index >= 15 is 0 Å². The number of alkyl halides is 6. The lowest BCUT2D eigenvalue weighted by Crippen LogP contribution is -2.48. The molecule has 2 atom stereocenters. The highest BCUT2D eigenvalue weighted by atomic mass is 19.4. The highest BCUT2D eigenvalue weighted by molar-refractivity contribution is 5.73. The molecule has 1 aromatic heterocycles. The number of hydrogen-bond donors (Lipinski definition) is 3. The van der Waals surface area contributed by atoms with Crippen molar-refractivity contribution in [1.82, 2.24) is 20.1 Å². The Morgan fingerprint density at radius 3 is 2.18 bits per heavy atom. The van der Waals surface area contributed by atoms with E-state index in [1.165, 1.54) is 12.0 Å². The van der Waals surface area contributed by atoms with Crippen LogP contribution in [0.2, 0.25) is 0 Å². The number of aromatic nitrogens is 1. The van der Waals surface area contributed by atoms with Crippen LogP contribution in [0.25, 0.3) is 0 Å². The van der Waals surface area contributed by atoms with Gasteiger partial charge in [0.15, 0.2) is 0 Å². The minimum atomic E-state index is -5.08. The van der Waals surface area contributed by atoms with E-state index in [9.17, 15) is 31.1 Å². The predicted molar refractivity (Wildman–Crippen MR) is 120 cm³/mol. The fourth-order valence-corrected chi connectivity index (χ4v) is 3.74. The van der Waals surface area contributed by atoms with Crippen LogP contribution in [0.4, 0.5) is 31.1 Å². The summed E-state index contributed by atoms with van der Waals surface area (Å²) in [4.78, 5) is 37.7. The van der Waals surface area contributed by atoms with Crippen LogP contribution in [-0.2, 0) is 20.9 Å². The van der Waals surface area contributed by atoms with E-state index in [4.69, 9.17) is 24.5 Å². The minimum absolute atomic E-state index is 0.0338. The molecule has 2 fully saturated rings. The number of aliphatic carboxylic acids is 2. The van der Waals surface area contributed by atoms with Crippen molar-refractivity contribution in [1.29, 1.82) is 0 Å². The molecule has 0 unspecified atom stereocenters. The number of likely N-dealkylation sites (tertiary alicyclic amines) is 1. The van der Waals surface area contributed by atoms with Gasteiger partial charge in [0, 0.05) is 52.7 Å². The molecule has 0 radical (unpaired) electrons. The fourth-order valence-electron chi connectivity index (χ4n) is 3.74. The molecule has 2 aliphatic heterocycles. The molecule has 2 amide bonds. The summed E-state index contributed by atoms with van der Waals surface area (Å²) in [5.41, 5.74) is 1.22. The van der Waals surface area contributed by atoms with E-state index in [2.05, 4.69) is 21.3 Å². The number of halogens is 6. The van der Waals surface area contributed by atoms with Crippen molar-refractivity contribution in [2.75, 3.05) is 33.7 Å². The third-order valence-corrected chi connectivity index (χ3v) is 5.47. The lowest BCUT2D eigenvalue weighted by atomic mass is 9.90. The van der Waals surface area contributed by atoms with Gasteiger partial charge in [0.05, 0.1) is 11.7 Å². The number of carboxylic acid groups (broad SMARTS) is 2. The Morgan fingerprint density at radius 2 is 1.71 bits per heavy atom. The molecular formula is C22H30F6N4O6. The normalized spacial score (nSPS) is 21.4. The molecule has 1 aromatic rings. The third kappa shape index (κ3) is 11.9. The molecule has 216 valence electrons. The molecule has 0 saturated carbocycles. The first-order valence-corrected chi connectivity index (χ1v) is 11.3. The Morgan fingerprint density at radius 1 is 1.13 bits per heavy atom. The van der Waals surface area contributed by atoms with Gasteiger partial charge in [-0.25, -0.2) is 14.4 Å². The van der Waals surface area contributed by atoms with Crippen LogP contribution < -0.4 is 5.32 Å². The molecule has 16 heteroatoms. The SMILES string of the molecule is CN(C)C(=O)NC[C@H]1CCC[C@]2(CCN(Cc3cccnc3)C2)O1.O=C(O)C(F)(F)F.O=C(O)C(F)(F)F. The van der Waals surface area contributed by atoms with Crippen molar-refractivity contribution in [2.24, 2.45) is 0 Å². The zero-order chi connectivity index (χ0) is 29.1. The number of pyridine rings is 1. The Hall–Kier alpha value is -3.14. The molecule has 10 nitrogen and oxygen atoms in total. The monoisotopic (exact) mass is 560 g/mol. The van der Waals surface area contributed by atoms with Crippen molar-refractivity contribution in [3.63, 3.8) is 0 Å². The van der Waals surface area contributed by atoms with Gasteiger partial charge in [0.1, 0.15) is 0 Å². The van der Waals surface area contributed by atoms with E-state index in [-0.39, 0.29) is 17.7 Å². The maximum Gasteiger partial charge on any atom is 0.490 e. The first kappa shape index (κ1) is 32.9. The van der Waals surface area contributed by atoms with Crippen molar-refractivity contribution in [3.05, 3.63) is 30.1 Å². The minimum Gasteiger partial charge on any atom is -0.475 e. The number of nitrogens with zero attached hydrogens (tertiary/aromatic N) is 3. The van der Waals surface area contributed by atoms with Crippen molar-refractivity contribution in [2.45, 2.75) is 56.3 Å². The average Bonchev–Trinajstić information content (AvgIpc) is 3.18. The summed E-state index contributed by atoms with van der Waals surface area (Å²) in [5, 5.41) is 17.2. The molecule has 3 rings (SSSR count). The summed E-state index contributed by atoms with van der Waals surface area (Å²) in [7, 11) is 3.51. The van der Waals surface area contributed by atoms with E-state index in [1.54, 1.807) is 19.0 Å². The molecule has 3 N–H and O–H groups in total.